The molecule has 1 fully saturated rings. The topological polar surface area (TPSA) is 55.1 Å². The molecule has 0 saturated heterocycles. The van der Waals surface area contributed by atoms with Crippen molar-refractivity contribution in [1.29, 1.82) is 0 Å². The lowest BCUT2D eigenvalue weighted by molar-refractivity contribution is -0.127. The molecular formula is C14H24N2O. The smallest absolute Gasteiger partial charge is 0.240 e. The SMILES string of the molecule is NC1(C(=O)NCCC2=CCCC2)CCCCC1. The Hall–Kier alpha value is -0.830. The van der Waals surface area contributed by atoms with Gasteiger partial charge < -0.3 is 11.1 Å². The van der Waals surface area contributed by atoms with Crippen LogP contribution in [0.5, 0.6) is 0 Å². The van der Waals surface area contributed by atoms with Crippen molar-refractivity contribution in [2.75, 3.05) is 6.54 Å². The van der Waals surface area contributed by atoms with E-state index in [9.17, 15) is 4.79 Å². The summed E-state index contributed by atoms with van der Waals surface area (Å²) in [4.78, 5) is 12.0. The fourth-order valence-electron chi connectivity index (χ4n) is 2.89. The molecule has 0 unspecified atom stereocenters. The van der Waals surface area contributed by atoms with E-state index >= 15 is 0 Å². The molecule has 0 aliphatic heterocycles. The first-order valence-corrected chi connectivity index (χ1v) is 6.96. The van der Waals surface area contributed by atoms with Crippen molar-refractivity contribution in [2.45, 2.75) is 63.3 Å². The maximum atomic E-state index is 12.0. The van der Waals surface area contributed by atoms with E-state index in [4.69, 9.17) is 5.73 Å². The molecule has 2 aliphatic rings. The molecule has 0 bridgehead atoms. The predicted molar refractivity (Wildman–Crippen MR) is 69.6 cm³/mol. The lowest BCUT2D eigenvalue weighted by Gasteiger charge is -2.31. The van der Waals surface area contributed by atoms with Gasteiger partial charge in [-0.2, -0.15) is 0 Å². The van der Waals surface area contributed by atoms with Crippen molar-refractivity contribution in [3.05, 3.63) is 11.6 Å². The number of allylic oxidation sites excluding steroid dienone is 1. The van der Waals surface area contributed by atoms with E-state index in [1.165, 1.54) is 31.3 Å². The van der Waals surface area contributed by atoms with Crippen LogP contribution >= 0.6 is 0 Å². The fourth-order valence-corrected chi connectivity index (χ4v) is 2.89. The molecule has 1 amide bonds. The molecule has 0 aromatic carbocycles. The van der Waals surface area contributed by atoms with Gasteiger partial charge in [-0.1, -0.05) is 30.9 Å². The molecule has 3 nitrogen and oxygen atoms in total. The lowest BCUT2D eigenvalue weighted by atomic mass is 9.82. The average Bonchev–Trinajstić information content (AvgIpc) is 2.83. The van der Waals surface area contributed by atoms with Gasteiger partial charge in [0.15, 0.2) is 0 Å². The van der Waals surface area contributed by atoms with Crippen LogP contribution < -0.4 is 11.1 Å². The zero-order chi connectivity index (χ0) is 12.1. The second-order valence-electron chi connectivity index (χ2n) is 5.48. The fraction of sp³-hybridized carbons (Fsp3) is 0.786. The highest BCUT2D eigenvalue weighted by molar-refractivity contribution is 5.86. The van der Waals surface area contributed by atoms with Gasteiger partial charge in [0.25, 0.3) is 0 Å². The van der Waals surface area contributed by atoms with E-state index < -0.39 is 5.54 Å². The maximum absolute atomic E-state index is 12.0. The van der Waals surface area contributed by atoms with Gasteiger partial charge in [0.1, 0.15) is 0 Å². The quantitative estimate of drug-likeness (QED) is 0.736. The second-order valence-corrected chi connectivity index (χ2v) is 5.48. The Morgan fingerprint density at radius 1 is 1.29 bits per heavy atom. The van der Waals surface area contributed by atoms with Crippen molar-refractivity contribution in [3.63, 3.8) is 0 Å². The standard InChI is InChI=1S/C14H24N2O/c15-14(9-4-1-5-10-14)13(17)16-11-8-12-6-2-3-7-12/h6H,1-5,7-11,15H2,(H,16,17). The van der Waals surface area contributed by atoms with Gasteiger partial charge in [0.2, 0.25) is 5.91 Å². The third kappa shape index (κ3) is 3.32. The van der Waals surface area contributed by atoms with Gasteiger partial charge in [-0.05, 0) is 38.5 Å². The van der Waals surface area contributed by atoms with Gasteiger partial charge in [-0.3, -0.25) is 4.79 Å². The van der Waals surface area contributed by atoms with Crippen LogP contribution in [0.3, 0.4) is 0 Å². The summed E-state index contributed by atoms with van der Waals surface area (Å²) in [6, 6.07) is 0. The largest absolute Gasteiger partial charge is 0.354 e. The number of carbonyl (C=O) groups excluding carboxylic acids is 1. The highest BCUT2D eigenvalue weighted by atomic mass is 16.2. The van der Waals surface area contributed by atoms with Crippen molar-refractivity contribution in [3.8, 4) is 0 Å². The zero-order valence-electron chi connectivity index (χ0n) is 10.6. The van der Waals surface area contributed by atoms with Gasteiger partial charge in [-0.15, -0.1) is 0 Å². The highest BCUT2D eigenvalue weighted by Gasteiger charge is 2.34. The summed E-state index contributed by atoms with van der Waals surface area (Å²) in [6.07, 6.45) is 12.1. The van der Waals surface area contributed by atoms with E-state index in [1.807, 2.05) is 0 Å². The van der Waals surface area contributed by atoms with E-state index in [2.05, 4.69) is 11.4 Å². The van der Waals surface area contributed by atoms with E-state index in [0.29, 0.717) is 0 Å². The highest BCUT2D eigenvalue weighted by Crippen LogP contribution is 2.26. The summed E-state index contributed by atoms with van der Waals surface area (Å²) < 4.78 is 0. The molecule has 3 heteroatoms. The number of hydrogen-bond donors (Lipinski definition) is 2. The van der Waals surface area contributed by atoms with E-state index in [0.717, 1.165) is 38.6 Å². The Morgan fingerprint density at radius 3 is 2.71 bits per heavy atom. The minimum absolute atomic E-state index is 0.0656. The van der Waals surface area contributed by atoms with E-state index in [1.54, 1.807) is 0 Å². The van der Waals surface area contributed by atoms with Crippen molar-refractivity contribution in [1.82, 2.24) is 5.32 Å². The van der Waals surface area contributed by atoms with Crippen molar-refractivity contribution in [2.24, 2.45) is 5.73 Å². The molecule has 17 heavy (non-hydrogen) atoms. The van der Waals surface area contributed by atoms with Crippen LogP contribution in [0.1, 0.15) is 57.8 Å². The molecule has 0 heterocycles. The summed E-state index contributed by atoms with van der Waals surface area (Å²) in [6.45, 7) is 0.754. The minimum atomic E-state index is -0.581. The maximum Gasteiger partial charge on any atom is 0.240 e. The van der Waals surface area contributed by atoms with Crippen molar-refractivity contribution >= 4 is 5.91 Å². The van der Waals surface area contributed by atoms with Crippen LogP contribution in [0.4, 0.5) is 0 Å². The first-order valence-electron chi connectivity index (χ1n) is 6.96. The van der Waals surface area contributed by atoms with Crippen LogP contribution in [0.2, 0.25) is 0 Å². The van der Waals surface area contributed by atoms with Crippen LogP contribution in [0.15, 0.2) is 11.6 Å². The average molecular weight is 236 g/mol. The first-order chi connectivity index (χ1) is 8.21. The first kappa shape index (κ1) is 12.6. The Bertz CT molecular complexity index is 303. The molecule has 0 aromatic rings. The molecule has 2 rings (SSSR count). The van der Waals surface area contributed by atoms with E-state index in [-0.39, 0.29) is 5.91 Å². The molecule has 3 N–H and O–H groups in total. The summed E-state index contributed by atoms with van der Waals surface area (Å²) in [7, 11) is 0. The van der Waals surface area contributed by atoms with Crippen molar-refractivity contribution < 1.29 is 4.79 Å². The minimum Gasteiger partial charge on any atom is -0.354 e. The third-order valence-electron chi connectivity index (χ3n) is 4.06. The Balaban J connectivity index is 1.72. The number of amides is 1. The van der Waals surface area contributed by atoms with Crippen LogP contribution in [-0.2, 0) is 4.79 Å². The monoisotopic (exact) mass is 236 g/mol. The number of nitrogens with two attached hydrogens (primary N) is 1. The van der Waals surface area contributed by atoms with Gasteiger partial charge in [0, 0.05) is 6.54 Å². The van der Waals surface area contributed by atoms with Crippen LogP contribution in [0.25, 0.3) is 0 Å². The van der Waals surface area contributed by atoms with Crippen LogP contribution in [0, 0.1) is 0 Å². The molecular weight excluding hydrogens is 212 g/mol. The molecule has 0 atom stereocenters. The number of rotatable bonds is 4. The lowest BCUT2D eigenvalue weighted by Crippen LogP contribution is -2.55. The Kier molecular flexibility index (Phi) is 4.21. The molecule has 1 saturated carbocycles. The molecule has 0 aromatic heterocycles. The van der Waals surface area contributed by atoms with Gasteiger partial charge in [0.05, 0.1) is 5.54 Å². The molecule has 0 radical (unpaired) electrons. The predicted octanol–water partition coefficient (Wildman–Crippen LogP) is 2.26. The molecule has 0 spiro atoms. The van der Waals surface area contributed by atoms with Gasteiger partial charge >= 0.3 is 0 Å². The Labute approximate surface area is 104 Å². The second kappa shape index (κ2) is 5.67. The summed E-state index contributed by atoms with van der Waals surface area (Å²) in [5.74, 6) is 0.0656. The summed E-state index contributed by atoms with van der Waals surface area (Å²) >= 11 is 0. The normalized spacial score (nSPS) is 23.2. The van der Waals surface area contributed by atoms with Crippen LogP contribution in [-0.4, -0.2) is 18.0 Å². The third-order valence-corrected chi connectivity index (χ3v) is 4.06. The Morgan fingerprint density at radius 2 is 2.06 bits per heavy atom. The van der Waals surface area contributed by atoms with Gasteiger partial charge in [-0.25, -0.2) is 0 Å². The number of carbonyl (C=O) groups is 1. The molecule has 2 aliphatic carbocycles. The number of nitrogens with one attached hydrogen (secondary N) is 1. The molecule has 96 valence electrons. The summed E-state index contributed by atoms with van der Waals surface area (Å²) in [5.41, 5.74) is 7.09. The zero-order valence-corrected chi connectivity index (χ0v) is 10.6. The number of hydrogen-bond acceptors (Lipinski definition) is 2. The summed E-state index contributed by atoms with van der Waals surface area (Å²) in [5, 5.41) is 3.01.